The number of rotatable bonds is 11. The Bertz CT molecular complexity index is 2130. The summed E-state index contributed by atoms with van der Waals surface area (Å²) in [5, 5.41) is 21.0. The van der Waals surface area contributed by atoms with Crippen molar-refractivity contribution < 1.29 is 19.1 Å². The number of ether oxygens (including phenoxy) is 1. The van der Waals surface area contributed by atoms with Crippen LogP contribution >= 0.6 is 0 Å². The molecule has 8 rings (SSSR count). The molecule has 0 aliphatic carbocycles. The molecule has 3 aromatic heterocycles. The third-order valence-electron chi connectivity index (χ3n) is 10.7. The van der Waals surface area contributed by atoms with Crippen LogP contribution in [-0.2, 0) is 18.6 Å². The zero-order chi connectivity index (χ0) is 35.5. The van der Waals surface area contributed by atoms with Gasteiger partial charge in [-0.1, -0.05) is 42.5 Å². The first kappa shape index (κ1) is 33.6. The summed E-state index contributed by atoms with van der Waals surface area (Å²) in [6.07, 6.45) is 4.35. The Morgan fingerprint density at radius 2 is 1.79 bits per heavy atom. The lowest BCUT2D eigenvalue weighted by atomic mass is 9.76. The molecule has 52 heavy (non-hydrogen) atoms. The number of aliphatic hydroxyl groups excluding tert-OH is 1. The topological polar surface area (TPSA) is 131 Å². The number of carbonyl (C=O) groups excluding carboxylic acids is 1. The number of anilines is 1. The van der Waals surface area contributed by atoms with Crippen molar-refractivity contribution in [3.63, 3.8) is 0 Å². The summed E-state index contributed by atoms with van der Waals surface area (Å²) in [4.78, 5) is 26.2. The molecule has 2 aliphatic heterocycles. The maximum Gasteiger partial charge on any atom is 0.257 e. The van der Waals surface area contributed by atoms with Gasteiger partial charge in [0.2, 0.25) is 5.95 Å². The van der Waals surface area contributed by atoms with Crippen LogP contribution in [0.5, 0.6) is 5.75 Å². The summed E-state index contributed by atoms with van der Waals surface area (Å²) >= 11 is 0. The van der Waals surface area contributed by atoms with Crippen LogP contribution < -0.4 is 9.64 Å². The molecular formula is C39H43N9O4. The summed E-state index contributed by atoms with van der Waals surface area (Å²) in [7, 11) is 1.59. The van der Waals surface area contributed by atoms with E-state index in [4.69, 9.17) is 14.1 Å². The largest absolute Gasteiger partial charge is 0.496 e. The Hall–Kier alpha value is -5.53. The third kappa shape index (κ3) is 6.64. The van der Waals surface area contributed by atoms with Crippen molar-refractivity contribution in [2.75, 3.05) is 57.8 Å². The maximum absolute atomic E-state index is 14.2. The van der Waals surface area contributed by atoms with Gasteiger partial charge < -0.3 is 33.5 Å². The predicted molar refractivity (Wildman–Crippen MR) is 196 cm³/mol. The number of hydrogen-bond acceptors (Lipinski definition) is 10. The number of para-hydroxylation sites is 2. The van der Waals surface area contributed by atoms with Gasteiger partial charge in [0.05, 0.1) is 35.9 Å². The van der Waals surface area contributed by atoms with Gasteiger partial charge in [-0.2, -0.15) is 0 Å². The number of nitrogens with zero attached hydrogens (tertiary/aromatic N) is 9. The molecule has 2 aliphatic rings. The standard InChI is InChI=1S/C39H43N9O4/c1-51-36-15-12-30(48-28-40-42-43-48)24-33(36)37(50)46-21-17-39(27-46,29-8-3-2-4-9-29)16-20-44-18-7-19-45(23-22-44)38-41-34-10-5-6-11-35(34)47(38)25-31-13-14-32(26-49)52-31/h2-6,8-15,24,28,49H,7,16-23,25-27H2,1H3. The number of aromatic nitrogens is 6. The fourth-order valence-electron chi connectivity index (χ4n) is 7.85. The fraction of sp³-hybridized carbons (Fsp3) is 0.359. The van der Waals surface area contributed by atoms with E-state index in [1.807, 2.05) is 35.2 Å². The molecule has 1 N–H and O–H groups in total. The number of methoxy groups -OCH3 is 1. The number of benzene rings is 3. The minimum Gasteiger partial charge on any atom is -0.496 e. The Labute approximate surface area is 302 Å². The molecule has 5 heterocycles. The van der Waals surface area contributed by atoms with E-state index in [0.717, 1.165) is 74.7 Å². The van der Waals surface area contributed by atoms with Crippen LogP contribution in [-0.4, -0.2) is 103 Å². The van der Waals surface area contributed by atoms with Crippen molar-refractivity contribution in [3.05, 3.63) is 114 Å². The van der Waals surface area contributed by atoms with Gasteiger partial charge in [0.25, 0.3) is 5.91 Å². The van der Waals surface area contributed by atoms with E-state index in [0.29, 0.717) is 42.4 Å². The number of imidazole rings is 1. The second-order valence-corrected chi connectivity index (χ2v) is 13.7. The fourth-order valence-corrected chi connectivity index (χ4v) is 7.85. The SMILES string of the molecule is COc1ccc(-n2cnnn2)cc1C(=O)N1CCC(CCN2CCCN(c3nc4ccccc4n3Cc3ccc(CO)o3)CC2)(c2ccccc2)C1. The number of tetrazole rings is 1. The van der Waals surface area contributed by atoms with Crippen molar-refractivity contribution in [3.8, 4) is 11.4 Å². The van der Waals surface area contributed by atoms with Crippen LogP contribution in [0.2, 0.25) is 0 Å². The van der Waals surface area contributed by atoms with Crippen LogP contribution in [0.15, 0.2) is 95.7 Å². The number of furan rings is 1. The highest BCUT2D eigenvalue weighted by Gasteiger charge is 2.42. The highest BCUT2D eigenvalue weighted by molar-refractivity contribution is 5.98. The van der Waals surface area contributed by atoms with Gasteiger partial charge in [0, 0.05) is 38.1 Å². The van der Waals surface area contributed by atoms with Gasteiger partial charge in [0.1, 0.15) is 30.2 Å². The second kappa shape index (κ2) is 14.6. The van der Waals surface area contributed by atoms with Gasteiger partial charge in [-0.15, -0.1) is 5.10 Å². The van der Waals surface area contributed by atoms with Gasteiger partial charge in [-0.25, -0.2) is 9.67 Å². The van der Waals surface area contributed by atoms with Crippen molar-refractivity contribution in [1.82, 2.24) is 39.6 Å². The van der Waals surface area contributed by atoms with E-state index in [1.165, 1.54) is 11.9 Å². The summed E-state index contributed by atoms with van der Waals surface area (Å²) in [6, 6.07) is 28.1. The van der Waals surface area contributed by atoms with Gasteiger partial charge in [-0.05, 0) is 90.8 Å². The number of hydrogen-bond donors (Lipinski definition) is 1. The smallest absolute Gasteiger partial charge is 0.257 e. The molecule has 1 unspecified atom stereocenters. The number of aliphatic hydroxyl groups is 1. The Morgan fingerprint density at radius 3 is 2.60 bits per heavy atom. The van der Waals surface area contributed by atoms with Crippen LogP contribution in [0.4, 0.5) is 5.95 Å². The van der Waals surface area contributed by atoms with Crippen LogP contribution in [0.3, 0.4) is 0 Å². The van der Waals surface area contributed by atoms with Gasteiger partial charge >= 0.3 is 0 Å². The highest BCUT2D eigenvalue weighted by atomic mass is 16.5. The average Bonchev–Trinajstić information content (AvgIpc) is 4.01. The maximum atomic E-state index is 14.2. The summed E-state index contributed by atoms with van der Waals surface area (Å²) < 4.78 is 15.3. The minimum atomic E-state index is -0.173. The van der Waals surface area contributed by atoms with Gasteiger partial charge in [0.15, 0.2) is 0 Å². The summed E-state index contributed by atoms with van der Waals surface area (Å²) in [5.74, 6) is 2.76. The van der Waals surface area contributed by atoms with E-state index in [9.17, 15) is 9.90 Å². The number of carbonyl (C=O) groups is 1. The van der Waals surface area contributed by atoms with E-state index in [2.05, 4.69) is 72.4 Å². The lowest BCUT2D eigenvalue weighted by molar-refractivity contribution is 0.0777. The molecule has 2 saturated heterocycles. The van der Waals surface area contributed by atoms with E-state index in [1.54, 1.807) is 23.9 Å². The number of likely N-dealkylation sites (tertiary alicyclic amines) is 1. The second-order valence-electron chi connectivity index (χ2n) is 13.7. The van der Waals surface area contributed by atoms with Crippen molar-refractivity contribution >= 4 is 22.9 Å². The van der Waals surface area contributed by atoms with Crippen LogP contribution in [0, 0.1) is 0 Å². The zero-order valence-electron chi connectivity index (χ0n) is 29.3. The first-order valence-corrected chi connectivity index (χ1v) is 17.9. The molecule has 0 spiro atoms. The Morgan fingerprint density at radius 1 is 0.942 bits per heavy atom. The predicted octanol–water partition coefficient (Wildman–Crippen LogP) is 4.54. The molecule has 0 radical (unpaired) electrons. The molecule has 0 saturated carbocycles. The van der Waals surface area contributed by atoms with Crippen molar-refractivity contribution in [2.24, 2.45) is 0 Å². The van der Waals surface area contributed by atoms with E-state index < -0.39 is 0 Å². The van der Waals surface area contributed by atoms with E-state index >= 15 is 0 Å². The molecule has 1 atom stereocenters. The van der Waals surface area contributed by atoms with Crippen LogP contribution in [0.1, 0.15) is 46.7 Å². The Kier molecular flexibility index (Phi) is 9.44. The zero-order valence-corrected chi connectivity index (χ0v) is 29.3. The molecular weight excluding hydrogens is 658 g/mol. The quantitative estimate of drug-likeness (QED) is 0.206. The lowest BCUT2D eigenvalue weighted by Crippen LogP contribution is -2.39. The monoisotopic (exact) mass is 701 g/mol. The molecule has 268 valence electrons. The van der Waals surface area contributed by atoms with Crippen LogP contribution in [0.25, 0.3) is 16.7 Å². The molecule has 0 bridgehead atoms. The van der Waals surface area contributed by atoms with Gasteiger partial charge in [-0.3, -0.25) is 4.79 Å². The average molecular weight is 702 g/mol. The number of fused-ring (bicyclic) bond motifs is 1. The normalized spacial score (nSPS) is 18.3. The van der Waals surface area contributed by atoms with Crippen molar-refractivity contribution in [2.45, 2.75) is 37.8 Å². The third-order valence-corrected chi connectivity index (χ3v) is 10.7. The van der Waals surface area contributed by atoms with E-state index in [-0.39, 0.29) is 17.9 Å². The summed E-state index contributed by atoms with van der Waals surface area (Å²) in [6.45, 7) is 6.28. The molecule has 1 amide bonds. The summed E-state index contributed by atoms with van der Waals surface area (Å²) in [5.41, 5.74) is 4.31. The highest BCUT2D eigenvalue weighted by Crippen LogP contribution is 2.39. The first-order chi connectivity index (χ1) is 25.5. The molecule has 6 aromatic rings. The molecule has 13 nitrogen and oxygen atoms in total. The molecule has 13 heteroatoms. The lowest BCUT2D eigenvalue weighted by Gasteiger charge is -2.33. The minimum absolute atomic E-state index is 0.0555. The van der Waals surface area contributed by atoms with Crippen molar-refractivity contribution in [1.29, 1.82) is 0 Å². The molecule has 2 fully saturated rings. The first-order valence-electron chi connectivity index (χ1n) is 17.9. The molecule has 3 aromatic carbocycles. The number of amides is 1. The Balaban J connectivity index is 0.984.